The fourth-order valence-electron chi connectivity index (χ4n) is 2.79. The van der Waals surface area contributed by atoms with Crippen LogP contribution in [0.3, 0.4) is 0 Å². The van der Waals surface area contributed by atoms with Crippen LogP contribution in [0.25, 0.3) is 0 Å². The molecule has 1 saturated heterocycles. The van der Waals surface area contributed by atoms with E-state index >= 15 is 0 Å². The Bertz CT molecular complexity index is 731. The van der Waals surface area contributed by atoms with Gasteiger partial charge in [0, 0.05) is 13.0 Å². The van der Waals surface area contributed by atoms with Crippen LogP contribution in [0.2, 0.25) is 18.1 Å². The van der Waals surface area contributed by atoms with E-state index in [9.17, 15) is 9.59 Å². The maximum Gasteiger partial charge on any atom is 0.413 e. The number of fused-ring (bicyclic) bond motifs is 1. The molecule has 2 heterocycles. The highest BCUT2D eigenvalue weighted by molar-refractivity contribution is 6.74. The van der Waals surface area contributed by atoms with Gasteiger partial charge >= 0.3 is 6.09 Å². The maximum absolute atomic E-state index is 12.3. The first-order chi connectivity index (χ1) is 12.6. The van der Waals surface area contributed by atoms with Crippen LogP contribution < -0.4 is 10.1 Å². The second-order valence-electron chi connectivity index (χ2n) is 8.51. The van der Waals surface area contributed by atoms with Gasteiger partial charge in [0.2, 0.25) is 0 Å². The zero-order valence-corrected chi connectivity index (χ0v) is 17.6. The van der Waals surface area contributed by atoms with E-state index in [1.54, 1.807) is 12.1 Å². The molecule has 2 atom stereocenters. The Morgan fingerprint density at radius 1 is 1.22 bits per heavy atom. The molecule has 0 spiro atoms. The maximum atomic E-state index is 12.3. The number of rotatable bonds is 5. The van der Waals surface area contributed by atoms with E-state index in [0.717, 1.165) is 0 Å². The summed E-state index contributed by atoms with van der Waals surface area (Å²) >= 11 is 0. The minimum atomic E-state index is -1.84. The predicted octanol–water partition coefficient (Wildman–Crippen LogP) is 3.58. The molecule has 1 aromatic rings. The van der Waals surface area contributed by atoms with E-state index in [1.807, 2.05) is 12.1 Å². The molecule has 8 heteroatoms. The molecule has 7 nitrogen and oxygen atoms in total. The molecule has 148 valence electrons. The SMILES string of the molecule is CC(C)(C)[Si](C)(C)OCC[C@H]1CN(C2Oc3ccccc3NC2=O)C(=O)O1. The van der Waals surface area contributed by atoms with Crippen molar-refractivity contribution in [3.8, 4) is 5.75 Å². The third-order valence-corrected chi connectivity index (χ3v) is 10.0. The van der Waals surface area contributed by atoms with Crippen LogP contribution >= 0.6 is 0 Å². The van der Waals surface area contributed by atoms with Gasteiger partial charge in [-0.25, -0.2) is 4.79 Å². The number of nitrogens with one attached hydrogen (secondary N) is 1. The Morgan fingerprint density at radius 2 is 1.93 bits per heavy atom. The predicted molar refractivity (Wildman–Crippen MR) is 104 cm³/mol. The van der Waals surface area contributed by atoms with Gasteiger partial charge in [0.15, 0.2) is 8.32 Å². The summed E-state index contributed by atoms with van der Waals surface area (Å²) in [4.78, 5) is 26.0. The summed E-state index contributed by atoms with van der Waals surface area (Å²) in [5, 5.41) is 2.90. The first kappa shape index (κ1) is 19.7. The van der Waals surface area contributed by atoms with Crippen molar-refractivity contribution in [2.75, 3.05) is 18.5 Å². The number of carbonyl (C=O) groups is 2. The number of cyclic esters (lactones) is 1. The third kappa shape index (κ3) is 4.11. The smallest absolute Gasteiger partial charge is 0.413 e. The monoisotopic (exact) mass is 392 g/mol. The molecular formula is C19H28N2O5Si. The first-order valence-corrected chi connectivity index (χ1v) is 12.2. The van der Waals surface area contributed by atoms with Crippen LogP contribution in [0.4, 0.5) is 10.5 Å². The highest BCUT2D eigenvalue weighted by atomic mass is 28.4. The summed E-state index contributed by atoms with van der Waals surface area (Å²) in [5.41, 5.74) is 0.602. The van der Waals surface area contributed by atoms with Crippen molar-refractivity contribution in [2.45, 2.75) is 57.7 Å². The summed E-state index contributed by atoms with van der Waals surface area (Å²) in [7, 11) is -1.84. The third-order valence-electron chi connectivity index (χ3n) is 5.50. The van der Waals surface area contributed by atoms with E-state index in [4.69, 9.17) is 13.9 Å². The zero-order valence-electron chi connectivity index (χ0n) is 16.6. The lowest BCUT2D eigenvalue weighted by Crippen LogP contribution is -2.50. The Balaban J connectivity index is 1.57. The number of carbonyl (C=O) groups excluding carboxylic acids is 2. The van der Waals surface area contributed by atoms with Gasteiger partial charge in [0.25, 0.3) is 12.1 Å². The lowest BCUT2D eigenvalue weighted by molar-refractivity contribution is -0.129. The molecule has 1 aromatic carbocycles. The van der Waals surface area contributed by atoms with E-state index in [1.165, 1.54) is 4.90 Å². The lowest BCUT2D eigenvalue weighted by Gasteiger charge is -2.36. The largest absolute Gasteiger partial charge is 0.459 e. The normalized spacial score (nSPS) is 22.8. The van der Waals surface area contributed by atoms with Gasteiger partial charge < -0.3 is 19.2 Å². The van der Waals surface area contributed by atoms with Gasteiger partial charge in [-0.15, -0.1) is 0 Å². The summed E-state index contributed by atoms with van der Waals surface area (Å²) in [6, 6.07) is 7.14. The molecule has 0 saturated carbocycles. The number of hydrogen-bond acceptors (Lipinski definition) is 5. The van der Waals surface area contributed by atoms with E-state index in [0.29, 0.717) is 31.0 Å². The van der Waals surface area contributed by atoms with Crippen molar-refractivity contribution in [2.24, 2.45) is 0 Å². The summed E-state index contributed by atoms with van der Waals surface area (Å²) in [6.45, 7) is 11.8. The van der Waals surface area contributed by atoms with Crippen LogP contribution in [0.15, 0.2) is 24.3 Å². The minimum absolute atomic E-state index is 0.132. The van der Waals surface area contributed by atoms with Crippen molar-refractivity contribution in [1.29, 1.82) is 0 Å². The lowest BCUT2D eigenvalue weighted by atomic mass is 10.2. The molecule has 27 heavy (non-hydrogen) atoms. The van der Waals surface area contributed by atoms with Crippen LogP contribution in [0.5, 0.6) is 5.75 Å². The van der Waals surface area contributed by atoms with Gasteiger partial charge in [-0.05, 0) is 30.3 Å². The molecule has 2 amide bonds. The van der Waals surface area contributed by atoms with Crippen molar-refractivity contribution >= 4 is 26.0 Å². The number of ether oxygens (including phenoxy) is 2. The topological polar surface area (TPSA) is 77.1 Å². The Hall–Kier alpha value is -2.06. The molecule has 0 radical (unpaired) electrons. The van der Waals surface area contributed by atoms with Gasteiger partial charge in [-0.1, -0.05) is 32.9 Å². The molecule has 0 bridgehead atoms. The highest BCUT2D eigenvalue weighted by Crippen LogP contribution is 2.37. The fraction of sp³-hybridized carbons (Fsp3) is 0.579. The van der Waals surface area contributed by atoms with Crippen molar-refractivity contribution < 1.29 is 23.5 Å². The van der Waals surface area contributed by atoms with Crippen molar-refractivity contribution in [1.82, 2.24) is 4.90 Å². The fourth-order valence-corrected chi connectivity index (χ4v) is 3.85. The Morgan fingerprint density at radius 3 is 2.63 bits per heavy atom. The average Bonchev–Trinajstić information content (AvgIpc) is 2.93. The number of hydrogen-bond donors (Lipinski definition) is 1. The average molecular weight is 393 g/mol. The zero-order chi connectivity index (χ0) is 19.8. The number of amides is 2. The standard InChI is InChI=1S/C19H28N2O5Si/c1-19(2,3)27(4,5)24-11-10-13-12-21(18(23)25-13)17-16(22)20-14-8-6-7-9-15(14)26-17/h6-9,13,17H,10-12H2,1-5H3,(H,20,22)/t13-,17?/m0/s1. The van der Waals surface area contributed by atoms with Crippen LogP contribution in [0.1, 0.15) is 27.2 Å². The molecule has 0 aromatic heterocycles. The van der Waals surface area contributed by atoms with E-state index in [2.05, 4.69) is 39.2 Å². The van der Waals surface area contributed by atoms with E-state index < -0.39 is 20.6 Å². The molecule has 2 aliphatic heterocycles. The summed E-state index contributed by atoms with van der Waals surface area (Å²) < 4.78 is 17.3. The number of benzene rings is 1. The van der Waals surface area contributed by atoms with Crippen LogP contribution in [-0.4, -0.2) is 50.7 Å². The molecule has 1 N–H and O–H groups in total. The molecule has 3 rings (SSSR count). The highest BCUT2D eigenvalue weighted by Gasteiger charge is 2.43. The van der Waals surface area contributed by atoms with Gasteiger partial charge in [0.1, 0.15) is 11.9 Å². The molecule has 2 aliphatic rings. The number of para-hydroxylation sites is 2. The first-order valence-electron chi connectivity index (χ1n) is 9.26. The summed E-state index contributed by atoms with van der Waals surface area (Å²) in [5.74, 6) is 0.170. The van der Waals surface area contributed by atoms with Crippen molar-refractivity contribution in [3.63, 3.8) is 0 Å². The second-order valence-corrected chi connectivity index (χ2v) is 13.3. The molecular weight excluding hydrogens is 364 g/mol. The second kappa shape index (κ2) is 7.16. The Labute approximate surface area is 161 Å². The van der Waals surface area contributed by atoms with Crippen LogP contribution in [-0.2, 0) is 14.0 Å². The van der Waals surface area contributed by atoms with Gasteiger partial charge in [-0.2, -0.15) is 0 Å². The Kier molecular flexibility index (Phi) is 5.22. The number of anilines is 1. The molecule has 1 fully saturated rings. The molecule has 1 unspecified atom stereocenters. The van der Waals surface area contributed by atoms with Crippen molar-refractivity contribution in [3.05, 3.63) is 24.3 Å². The summed E-state index contributed by atoms with van der Waals surface area (Å²) in [6.07, 6.45) is -1.26. The van der Waals surface area contributed by atoms with E-state index in [-0.39, 0.29) is 17.0 Å². The molecule has 0 aliphatic carbocycles. The quantitative estimate of drug-likeness (QED) is 0.775. The van der Waals surface area contributed by atoms with Gasteiger partial charge in [-0.3, -0.25) is 9.69 Å². The van der Waals surface area contributed by atoms with Gasteiger partial charge in [0.05, 0.1) is 12.2 Å². The minimum Gasteiger partial charge on any atom is -0.459 e. The number of nitrogens with zero attached hydrogens (tertiary/aromatic N) is 1. The van der Waals surface area contributed by atoms with Crippen LogP contribution in [0, 0.1) is 0 Å².